The van der Waals surface area contributed by atoms with Crippen LogP contribution in [0.25, 0.3) is 11.2 Å². The molecule has 31 heavy (non-hydrogen) atoms. The molecular weight excluding hydrogens is 398 g/mol. The molecular formula is C21H25N7O3. The number of hydrogen-bond donors (Lipinski definition) is 4. The minimum absolute atomic E-state index is 0.00847. The van der Waals surface area contributed by atoms with Gasteiger partial charge in [0.25, 0.3) is 11.5 Å². The van der Waals surface area contributed by atoms with Crippen LogP contribution in [0.4, 0.5) is 11.6 Å². The Morgan fingerprint density at radius 1 is 1.16 bits per heavy atom. The fourth-order valence-corrected chi connectivity index (χ4v) is 2.84. The molecule has 2 heterocycles. The largest absolute Gasteiger partial charge is 0.379 e. The number of aromatic amines is 1. The Kier molecular flexibility index (Phi) is 6.91. The van der Waals surface area contributed by atoms with Crippen LogP contribution in [0.3, 0.4) is 0 Å². The summed E-state index contributed by atoms with van der Waals surface area (Å²) in [5.41, 5.74) is 7.23. The lowest BCUT2D eigenvalue weighted by Gasteiger charge is -2.09. The van der Waals surface area contributed by atoms with Gasteiger partial charge in [-0.25, -0.2) is 9.97 Å². The van der Waals surface area contributed by atoms with E-state index in [2.05, 4.69) is 30.6 Å². The first-order valence-corrected chi connectivity index (χ1v) is 9.99. The summed E-state index contributed by atoms with van der Waals surface area (Å²) in [4.78, 5) is 50.5. The average Bonchev–Trinajstić information content (AvgIpc) is 2.75. The van der Waals surface area contributed by atoms with Crippen LogP contribution in [0.15, 0.2) is 35.3 Å². The first-order chi connectivity index (χ1) is 14.8. The zero-order valence-corrected chi connectivity index (χ0v) is 17.4. The molecule has 0 spiro atoms. The number of Topliss-reactive ketones (excluding diaryl/α,β-unsaturated/α-hetero) is 1. The molecule has 3 aromatic rings. The lowest BCUT2D eigenvalue weighted by Crippen LogP contribution is -2.25. The van der Waals surface area contributed by atoms with E-state index in [-0.39, 0.29) is 34.7 Å². The maximum Gasteiger partial charge on any atom is 0.280 e. The van der Waals surface area contributed by atoms with E-state index in [1.54, 1.807) is 24.3 Å². The highest BCUT2D eigenvalue weighted by Gasteiger charge is 2.09. The molecule has 5 N–H and O–H groups in total. The summed E-state index contributed by atoms with van der Waals surface area (Å²) in [5, 5.41) is 5.99. The Hall–Kier alpha value is -3.82. The molecule has 0 fully saturated rings. The molecule has 2 aromatic heterocycles. The Labute approximate surface area is 178 Å². The van der Waals surface area contributed by atoms with E-state index in [1.807, 2.05) is 13.8 Å². The van der Waals surface area contributed by atoms with Gasteiger partial charge in [-0.3, -0.25) is 19.4 Å². The van der Waals surface area contributed by atoms with Gasteiger partial charge >= 0.3 is 0 Å². The summed E-state index contributed by atoms with van der Waals surface area (Å²) in [5.74, 6) is 0.0269. The van der Waals surface area contributed by atoms with E-state index >= 15 is 0 Å². The number of H-pyrrole nitrogens is 1. The number of carbonyl (C=O) groups excluding carboxylic acids is 2. The number of aromatic nitrogens is 4. The number of ketones is 1. The molecule has 10 nitrogen and oxygen atoms in total. The van der Waals surface area contributed by atoms with Gasteiger partial charge in [0.1, 0.15) is 5.78 Å². The molecule has 1 aromatic carbocycles. The fourth-order valence-electron chi connectivity index (χ4n) is 2.84. The van der Waals surface area contributed by atoms with Gasteiger partial charge in [-0.1, -0.05) is 13.8 Å². The third-order valence-corrected chi connectivity index (χ3v) is 4.64. The third kappa shape index (κ3) is 5.84. The number of hydrogen-bond acceptors (Lipinski definition) is 8. The van der Waals surface area contributed by atoms with E-state index in [4.69, 9.17) is 5.73 Å². The molecule has 10 heteroatoms. The van der Waals surface area contributed by atoms with Crippen molar-refractivity contribution in [2.24, 2.45) is 5.92 Å². The highest BCUT2D eigenvalue weighted by atomic mass is 16.1. The van der Waals surface area contributed by atoms with Crippen molar-refractivity contribution >= 4 is 34.5 Å². The predicted molar refractivity (Wildman–Crippen MR) is 118 cm³/mol. The van der Waals surface area contributed by atoms with Crippen LogP contribution in [0.5, 0.6) is 0 Å². The Bertz CT molecular complexity index is 1140. The zero-order valence-electron chi connectivity index (χ0n) is 17.4. The van der Waals surface area contributed by atoms with Gasteiger partial charge in [0.05, 0.1) is 18.4 Å². The number of amides is 1. The van der Waals surface area contributed by atoms with Crippen molar-refractivity contribution in [3.8, 4) is 0 Å². The van der Waals surface area contributed by atoms with E-state index in [1.165, 1.54) is 6.20 Å². The molecule has 0 radical (unpaired) electrons. The van der Waals surface area contributed by atoms with Crippen LogP contribution < -0.4 is 21.9 Å². The van der Waals surface area contributed by atoms with Gasteiger partial charge in [-0.15, -0.1) is 0 Å². The van der Waals surface area contributed by atoms with Crippen molar-refractivity contribution in [2.75, 3.05) is 17.6 Å². The number of nitrogens with two attached hydrogens (primary N) is 1. The van der Waals surface area contributed by atoms with Crippen molar-refractivity contribution in [1.29, 1.82) is 0 Å². The molecule has 0 saturated heterocycles. The summed E-state index contributed by atoms with van der Waals surface area (Å²) in [6.07, 6.45) is 2.61. The first kappa shape index (κ1) is 21.9. The SMILES string of the molecule is CC(C)C(=O)CCCNC(=O)c1ccc(NCc2cnc3nc(N)[nH]c(=O)c3n2)cc1. The quantitative estimate of drug-likeness (QED) is 0.379. The van der Waals surface area contributed by atoms with Crippen molar-refractivity contribution in [2.45, 2.75) is 33.2 Å². The van der Waals surface area contributed by atoms with Crippen molar-refractivity contribution in [3.05, 3.63) is 52.1 Å². The molecule has 0 atom stereocenters. The van der Waals surface area contributed by atoms with Crippen LogP contribution in [0.2, 0.25) is 0 Å². The van der Waals surface area contributed by atoms with Crippen LogP contribution in [-0.2, 0) is 11.3 Å². The molecule has 0 aliphatic carbocycles. The number of nitrogens with zero attached hydrogens (tertiary/aromatic N) is 3. The number of carbonyl (C=O) groups is 2. The van der Waals surface area contributed by atoms with Gasteiger partial charge in [0.15, 0.2) is 11.2 Å². The van der Waals surface area contributed by atoms with Crippen molar-refractivity contribution < 1.29 is 9.59 Å². The number of fused-ring (bicyclic) bond motifs is 1. The number of anilines is 2. The Morgan fingerprint density at radius 2 is 1.90 bits per heavy atom. The summed E-state index contributed by atoms with van der Waals surface area (Å²) in [7, 11) is 0. The molecule has 1 amide bonds. The molecule has 0 aliphatic rings. The highest BCUT2D eigenvalue weighted by Crippen LogP contribution is 2.12. The number of nitrogens with one attached hydrogen (secondary N) is 3. The first-order valence-electron chi connectivity index (χ1n) is 9.99. The van der Waals surface area contributed by atoms with Crippen LogP contribution >= 0.6 is 0 Å². The molecule has 3 rings (SSSR count). The van der Waals surface area contributed by atoms with E-state index < -0.39 is 5.56 Å². The Balaban J connectivity index is 1.52. The van der Waals surface area contributed by atoms with Crippen molar-refractivity contribution in [1.82, 2.24) is 25.3 Å². The number of benzene rings is 1. The summed E-state index contributed by atoms with van der Waals surface area (Å²) in [6, 6.07) is 6.97. The maximum atomic E-state index is 12.2. The minimum Gasteiger partial charge on any atom is -0.379 e. The fraction of sp³-hybridized carbons (Fsp3) is 0.333. The maximum absolute atomic E-state index is 12.2. The van der Waals surface area contributed by atoms with E-state index in [0.29, 0.717) is 37.2 Å². The lowest BCUT2D eigenvalue weighted by atomic mass is 10.0. The second-order valence-electron chi connectivity index (χ2n) is 7.40. The van der Waals surface area contributed by atoms with Crippen molar-refractivity contribution in [3.63, 3.8) is 0 Å². The van der Waals surface area contributed by atoms with Gasteiger partial charge in [0.2, 0.25) is 5.95 Å². The van der Waals surface area contributed by atoms with Gasteiger partial charge in [0, 0.05) is 30.1 Å². The second kappa shape index (κ2) is 9.79. The summed E-state index contributed by atoms with van der Waals surface area (Å²) < 4.78 is 0. The monoisotopic (exact) mass is 423 g/mol. The third-order valence-electron chi connectivity index (χ3n) is 4.64. The molecule has 0 bridgehead atoms. The van der Waals surface area contributed by atoms with Crippen LogP contribution in [-0.4, -0.2) is 38.2 Å². The van der Waals surface area contributed by atoms with Crippen LogP contribution in [0.1, 0.15) is 42.7 Å². The molecule has 0 aliphatic heterocycles. The Morgan fingerprint density at radius 3 is 2.61 bits per heavy atom. The summed E-state index contributed by atoms with van der Waals surface area (Å²) in [6.45, 7) is 4.53. The van der Waals surface area contributed by atoms with Crippen LogP contribution in [0, 0.1) is 5.92 Å². The standard InChI is InChI=1S/C21H25N7O3/c1-12(2)16(29)4-3-9-23-19(30)13-5-7-14(8-6-13)24-10-15-11-25-18-17(26-15)20(31)28-21(22)27-18/h5-8,11-12,24H,3-4,9-10H2,1-2H3,(H,23,30)(H3,22,25,27,28,31). The topological polar surface area (TPSA) is 156 Å². The molecule has 0 unspecified atom stereocenters. The normalized spacial score (nSPS) is 10.9. The minimum atomic E-state index is -0.444. The lowest BCUT2D eigenvalue weighted by molar-refractivity contribution is -0.121. The second-order valence-corrected chi connectivity index (χ2v) is 7.40. The molecule has 162 valence electrons. The van der Waals surface area contributed by atoms with Gasteiger partial charge in [-0.05, 0) is 30.7 Å². The number of rotatable bonds is 9. The molecule has 0 saturated carbocycles. The predicted octanol–water partition coefficient (Wildman–Crippen LogP) is 1.64. The highest BCUT2D eigenvalue weighted by molar-refractivity contribution is 5.94. The van der Waals surface area contributed by atoms with Gasteiger partial charge < -0.3 is 16.4 Å². The van der Waals surface area contributed by atoms with E-state index in [9.17, 15) is 14.4 Å². The average molecular weight is 423 g/mol. The zero-order chi connectivity index (χ0) is 22.4. The van der Waals surface area contributed by atoms with Gasteiger partial charge in [-0.2, -0.15) is 4.98 Å². The smallest absolute Gasteiger partial charge is 0.280 e. The summed E-state index contributed by atoms with van der Waals surface area (Å²) >= 11 is 0. The van der Waals surface area contributed by atoms with E-state index in [0.717, 1.165) is 5.69 Å². The number of nitrogen functional groups attached to an aromatic ring is 1.